The van der Waals surface area contributed by atoms with Gasteiger partial charge in [-0.2, -0.15) is 13.2 Å². The molecule has 0 saturated carbocycles. The predicted molar refractivity (Wildman–Crippen MR) is 69.7 cm³/mol. The highest BCUT2D eigenvalue weighted by molar-refractivity contribution is 5.95. The van der Waals surface area contributed by atoms with Crippen LogP contribution in [0.15, 0.2) is 18.2 Å². The summed E-state index contributed by atoms with van der Waals surface area (Å²) in [5.74, 6) is -0.303. The highest BCUT2D eigenvalue weighted by Crippen LogP contribution is 2.24. The number of amides is 1. The van der Waals surface area contributed by atoms with Gasteiger partial charge < -0.3 is 15.4 Å². The fourth-order valence-electron chi connectivity index (χ4n) is 1.69. The summed E-state index contributed by atoms with van der Waals surface area (Å²) in [5, 5.41) is 0. The van der Waals surface area contributed by atoms with Crippen LogP contribution < -0.4 is 10.5 Å². The van der Waals surface area contributed by atoms with E-state index in [9.17, 15) is 18.0 Å². The third-order valence-electron chi connectivity index (χ3n) is 2.60. The van der Waals surface area contributed by atoms with Crippen molar-refractivity contribution in [1.82, 2.24) is 4.90 Å². The second kappa shape index (κ2) is 6.49. The van der Waals surface area contributed by atoms with Crippen molar-refractivity contribution in [3.05, 3.63) is 23.8 Å². The number of carbonyl (C=O) groups excluding carboxylic acids is 1. The molecule has 0 spiro atoms. The Morgan fingerprint density at radius 1 is 1.35 bits per heavy atom. The molecule has 0 aliphatic heterocycles. The van der Waals surface area contributed by atoms with E-state index in [1.54, 1.807) is 6.92 Å². The smallest absolute Gasteiger partial charge is 0.406 e. The van der Waals surface area contributed by atoms with Crippen molar-refractivity contribution in [2.45, 2.75) is 20.0 Å². The number of benzene rings is 1. The predicted octanol–water partition coefficient (Wildman–Crippen LogP) is 2.69. The van der Waals surface area contributed by atoms with Crippen molar-refractivity contribution in [2.24, 2.45) is 0 Å². The minimum absolute atomic E-state index is 0.0363. The summed E-state index contributed by atoms with van der Waals surface area (Å²) < 4.78 is 42.3. The zero-order valence-corrected chi connectivity index (χ0v) is 11.3. The molecule has 0 atom stereocenters. The molecule has 112 valence electrons. The molecular formula is C13H17F3N2O2. The number of nitrogen functional groups attached to an aromatic ring is 1. The van der Waals surface area contributed by atoms with Gasteiger partial charge in [-0.05, 0) is 32.0 Å². The maximum absolute atomic E-state index is 12.4. The van der Waals surface area contributed by atoms with Gasteiger partial charge in [0.1, 0.15) is 12.3 Å². The van der Waals surface area contributed by atoms with E-state index in [4.69, 9.17) is 10.5 Å². The van der Waals surface area contributed by atoms with Gasteiger partial charge in [0.05, 0.1) is 12.3 Å². The van der Waals surface area contributed by atoms with Crippen molar-refractivity contribution in [2.75, 3.05) is 25.4 Å². The maximum Gasteiger partial charge on any atom is 0.406 e. The Morgan fingerprint density at radius 3 is 2.45 bits per heavy atom. The second-order valence-corrected chi connectivity index (χ2v) is 4.12. The summed E-state index contributed by atoms with van der Waals surface area (Å²) >= 11 is 0. The van der Waals surface area contributed by atoms with Gasteiger partial charge in [-0.1, -0.05) is 0 Å². The Labute approximate surface area is 115 Å². The van der Waals surface area contributed by atoms with Crippen molar-refractivity contribution in [3.8, 4) is 5.75 Å². The zero-order valence-electron chi connectivity index (χ0n) is 11.3. The van der Waals surface area contributed by atoms with E-state index in [0.717, 1.165) is 4.90 Å². The van der Waals surface area contributed by atoms with E-state index in [2.05, 4.69) is 0 Å². The number of hydrogen-bond donors (Lipinski definition) is 1. The number of rotatable bonds is 5. The van der Waals surface area contributed by atoms with Gasteiger partial charge in [-0.25, -0.2) is 0 Å². The lowest BCUT2D eigenvalue weighted by molar-refractivity contribution is -0.140. The van der Waals surface area contributed by atoms with Crippen LogP contribution in [0.2, 0.25) is 0 Å². The molecule has 1 aromatic carbocycles. The minimum Gasteiger partial charge on any atom is -0.492 e. The van der Waals surface area contributed by atoms with Crippen LogP contribution in [0.4, 0.5) is 18.9 Å². The van der Waals surface area contributed by atoms with Crippen molar-refractivity contribution in [3.63, 3.8) is 0 Å². The van der Waals surface area contributed by atoms with Gasteiger partial charge in [-0.15, -0.1) is 0 Å². The minimum atomic E-state index is -4.43. The number of alkyl halides is 3. The van der Waals surface area contributed by atoms with Gasteiger partial charge in [-0.3, -0.25) is 4.79 Å². The van der Waals surface area contributed by atoms with E-state index in [1.807, 2.05) is 0 Å². The third-order valence-corrected chi connectivity index (χ3v) is 2.60. The molecule has 0 unspecified atom stereocenters. The summed E-state index contributed by atoms with van der Waals surface area (Å²) in [4.78, 5) is 12.7. The summed E-state index contributed by atoms with van der Waals surface area (Å²) in [7, 11) is 0. The average Bonchev–Trinajstić information content (AvgIpc) is 2.36. The fraction of sp³-hybridized carbons (Fsp3) is 0.462. The molecule has 1 amide bonds. The van der Waals surface area contributed by atoms with Crippen LogP contribution in [0.5, 0.6) is 5.75 Å². The summed E-state index contributed by atoms with van der Waals surface area (Å²) in [6.07, 6.45) is -4.43. The fourth-order valence-corrected chi connectivity index (χ4v) is 1.69. The van der Waals surface area contributed by atoms with E-state index in [1.165, 1.54) is 25.1 Å². The van der Waals surface area contributed by atoms with Gasteiger partial charge in [0.25, 0.3) is 5.91 Å². The Bertz CT molecular complexity index is 475. The van der Waals surface area contributed by atoms with Crippen LogP contribution in [0.3, 0.4) is 0 Å². The number of ether oxygens (including phenoxy) is 1. The summed E-state index contributed by atoms with van der Waals surface area (Å²) in [6, 6.07) is 4.21. The molecule has 2 N–H and O–H groups in total. The first-order valence-electron chi connectivity index (χ1n) is 6.16. The van der Waals surface area contributed by atoms with Gasteiger partial charge in [0.15, 0.2) is 0 Å². The molecule has 0 heterocycles. The first-order chi connectivity index (χ1) is 9.28. The van der Waals surface area contributed by atoms with Gasteiger partial charge >= 0.3 is 6.18 Å². The molecule has 0 aliphatic carbocycles. The van der Waals surface area contributed by atoms with E-state index >= 15 is 0 Å². The number of hydrogen-bond acceptors (Lipinski definition) is 3. The van der Waals surface area contributed by atoms with Crippen LogP contribution in [-0.4, -0.2) is 36.7 Å². The van der Waals surface area contributed by atoms with Crippen molar-refractivity contribution >= 4 is 11.6 Å². The second-order valence-electron chi connectivity index (χ2n) is 4.12. The number of carbonyl (C=O) groups is 1. The normalized spacial score (nSPS) is 11.2. The van der Waals surface area contributed by atoms with Crippen molar-refractivity contribution in [1.29, 1.82) is 0 Å². The molecule has 1 aromatic rings. The molecule has 0 bridgehead atoms. The van der Waals surface area contributed by atoms with Gasteiger partial charge in [0.2, 0.25) is 0 Å². The molecule has 0 radical (unpaired) electrons. The highest BCUT2D eigenvalue weighted by atomic mass is 19.4. The maximum atomic E-state index is 12.4. The number of nitrogens with two attached hydrogens (primary N) is 1. The Morgan fingerprint density at radius 2 is 2.00 bits per heavy atom. The average molecular weight is 290 g/mol. The Hall–Kier alpha value is -1.92. The first-order valence-corrected chi connectivity index (χ1v) is 6.16. The van der Waals surface area contributed by atoms with Crippen LogP contribution in [0.1, 0.15) is 24.2 Å². The zero-order chi connectivity index (χ0) is 15.3. The lowest BCUT2D eigenvalue weighted by Crippen LogP contribution is -2.38. The molecule has 7 heteroatoms. The topological polar surface area (TPSA) is 55.6 Å². The molecular weight excluding hydrogens is 273 g/mol. The summed E-state index contributed by atoms with van der Waals surface area (Å²) in [5.41, 5.74) is 6.03. The molecule has 1 rings (SSSR count). The largest absolute Gasteiger partial charge is 0.492 e. The summed E-state index contributed by atoms with van der Waals surface area (Å²) in [6.45, 7) is 2.36. The van der Waals surface area contributed by atoms with Crippen LogP contribution in [-0.2, 0) is 0 Å². The number of nitrogens with zero attached hydrogens (tertiary/aromatic N) is 1. The number of anilines is 1. The van der Waals surface area contributed by atoms with E-state index < -0.39 is 18.6 Å². The lowest BCUT2D eigenvalue weighted by Gasteiger charge is -2.22. The van der Waals surface area contributed by atoms with Crippen LogP contribution in [0.25, 0.3) is 0 Å². The first kappa shape index (κ1) is 16.1. The SMILES string of the molecule is CCOc1ccc(C(=O)N(CC)CC(F)(F)F)cc1N. The molecule has 20 heavy (non-hydrogen) atoms. The van der Waals surface area contributed by atoms with Crippen molar-refractivity contribution < 1.29 is 22.7 Å². The van der Waals surface area contributed by atoms with Crippen LogP contribution >= 0.6 is 0 Å². The molecule has 0 aromatic heterocycles. The highest BCUT2D eigenvalue weighted by Gasteiger charge is 2.32. The standard InChI is InChI=1S/C13H17F3N2O2/c1-3-18(8-13(14,15)16)12(19)9-5-6-11(20-4-2)10(17)7-9/h5-7H,3-4,8,17H2,1-2H3. The Balaban J connectivity index is 2.93. The molecule has 0 saturated heterocycles. The van der Waals surface area contributed by atoms with E-state index in [-0.39, 0.29) is 17.8 Å². The third kappa shape index (κ3) is 4.32. The molecule has 4 nitrogen and oxygen atoms in total. The van der Waals surface area contributed by atoms with Gasteiger partial charge in [0, 0.05) is 12.1 Å². The number of halogens is 3. The lowest BCUT2D eigenvalue weighted by atomic mass is 10.1. The van der Waals surface area contributed by atoms with E-state index in [0.29, 0.717) is 12.4 Å². The molecule has 0 aliphatic rings. The monoisotopic (exact) mass is 290 g/mol. The Kier molecular flexibility index (Phi) is 5.24. The molecule has 0 fully saturated rings. The quantitative estimate of drug-likeness (QED) is 0.848. The van der Waals surface area contributed by atoms with Crippen LogP contribution in [0, 0.1) is 0 Å².